The molecule has 1 aliphatic heterocycles. The van der Waals surface area contributed by atoms with Crippen molar-refractivity contribution >= 4 is 5.78 Å². The zero-order valence-corrected chi connectivity index (χ0v) is 28.6. The molecule has 1 heterocycles. The molecule has 1 saturated heterocycles. The molecule has 4 aromatic carbocycles. The van der Waals surface area contributed by atoms with Crippen LogP contribution in [-0.4, -0.2) is 47.7 Å². The highest BCUT2D eigenvalue weighted by molar-refractivity contribution is 5.81. The van der Waals surface area contributed by atoms with Gasteiger partial charge in [-0.05, 0) is 54.4 Å². The topological polar surface area (TPSA) is 85.2 Å². The van der Waals surface area contributed by atoms with Gasteiger partial charge in [0.25, 0.3) is 0 Å². The highest BCUT2D eigenvalue weighted by atomic mass is 16.8. The summed E-state index contributed by atoms with van der Waals surface area (Å²) in [5, 5.41) is 25.8. The predicted molar refractivity (Wildman–Crippen MR) is 191 cm³/mol. The van der Waals surface area contributed by atoms with Crippen molar-refractivity contribution in [3.63, 3.8) is 0 Å². The highest BCUT2D eigenvalue weighted by Crippen LogP contribution is 2.53. The lowest BCUT2D eigenvalue weighted by Gasteiger charge is -2.42. The number of rotatable bonds is 9. The van der Waals surface area contributed by atoms with Crippen molar-refractivity contribution in [1.29, 1.82) is 0 Å². The van der Waals surface area contributed by atoms with Crippen molar-refractivity contribution in [3.8, 4) is 0 Å². The summed E-state index contributed by atoms with van der Waals surface area (Å²) in [6.07, 6.45) is 7.86. The van der Waals surface area contributed by atoms with Crippen molar-refractivity contribution in [2.45, 2.75) is 93.4 Å². The predicted octanol–water partition coefficient (Wildman–Crippen LogP) is 8.09. The van der Waals surface area contributed by atoms with Crippen molar-refractivity contribution in [3.05, 3.63) is 144 Å². The van der Waals surface area contributed by atoms with Crippen LogP contribution < -0.4 is 0 Å². The number of carbonyl (C=O) groups is 1. The molecule has 3 aliphatic rings. The van der Waals surface area contributed by atoms with E-state index in [1.165, 1.54) is 6.42 Å². The van der Waals surface area contributed by atoms with Gasteiger partial charge in [0.2, 0.25) is 0 Å². The molecule has 0 amide bonds. The van der Waals surface area contributed by atoms with Gasteiger partial charge in [-0.3, -0.25) is 4.79 Å². The van der Waals surface area contributed by atoms with Gasteiger partial charge in [-0.25, -0.2) is 0 Å². The van der Waals surface area contributed by atoms with Crippen LogP contribution in [-0.2, 0) is 30.2 Å². The first kappa shape index (κ1) is 35.2. The molecule has 7 rings (SSSR count). The van der Waals surface area contributed by atoms with Crippen LogP contribution >= 0.6 is 0 Å². The summed E-state index contributed by atoms with van der Waals surface area (Å²) in [6.45, 7) is 0.733. The van der Waals surface area contributed by atoms with Crippen LogP contribution in [0.1, 0.15) is 86.5 Å². The Morgan fingerprint density at radius 1 is 0.633 bits per heavy atom. The van der Waals surface area contributed by atoms with E-state index in [0.717, 1.165) is 64.4 Å². The lowest BCUT2D eigenvalue weighted by Crippen LogP contribution is -2.54. The Labute approximate surface area is 291 Å². The third kappa shape index (κ3) is 7.45. The van der Waals surface area contributed by atoms with Crippen LogP contribution in [0.15, 0.2) is 121 Å². The fourth-order valence-corrected chi connectivity index (χ4v) is 7.93. The number of hydrogen-bond donors (Lipinski definition) is 2. The van der Waals surface area contributed by atoms with Gasteiger partial charge in [-0.15, -0.1) is 0 Å². The molecule has 3 atom stereocenters. The quantitative estimate of drug-likeness (QED) is 0.189. The van der Waals surface area contributed by atoms with Crippen molar-refractivity contribution < 1.29 is 29.2 Å². The molecule has 0 radical (unpaired) electrons. The monoisotopic (exact) mass is 662 g/mol. The summed E-state index contributed by atoms with van der Waals surface area (Å²) in [5.41, 5.74) is -0.373. The second kappa shape index (κ2) is 15.9. The Morgan fingerprint density at radius 3 is 1.41 bits per heavy atom. The van der Waals surface area contributed by atoms with Crippen LogP contribution in [0.3, 0.4) is 0 Å². The summed E-state index contributed by atoms with van der Waals surface area (Å²) in [7, 11) is 1.69. The fraction of sp³-hybridized carbons (Fsp3) is 0.419. The largest absolute Gasteiger partial charge is 0.385 e. The van der Waals surface area contributed by atoms with Crippen LogP contribution in [0.4, 0.5) is 0 Å². The lowest BCUT2D eigenvalue weighted by atomic mass is 9.72. The molecule has 49 heavy (non-hydrogen) atoms. The van der Waals surface area contributed by atoms with Crippen molar-refractivity contribution in [2.75, 3.05) is 13.7 Å². The SMILES string of the molecule is COCCC1CCCCC1=O.OC(c1ccccc1)(c1ccccc1)[C@@H]1OC2(CCCCC2)O[C@H]1C(O)(c1ccccc1)c1ccccc1. The minimum atomic E-state index is -1.58. The number of Topliss-reactive ketones (excluding diaryl/α,β-unsaturated/α-hetero) is 1. The zero-order valence-electron chi connectivity index (χ0n) is 28.6. The third-order valence-electron chi connectivity index (χ3n) is 10.6. The van der Waals surface area contributed by atoms with E-state index >= 15 is 0 Å². The molecule has 0 aromatic heterocycles. The first-order chi connectivity index (χ1) is 23.9. The first-order valence-electron chi connectivity index (χ1n) is 17.9. The Kier molecular flexibility index (Phi) is 11.4. The number of carbonyl (C=O) groups excluding carboxylic acids is 1. The summed E-state index contributed by atoms with van der Waals surface area (Å²) < 4.78 is 18.8. The molecule has 2 saturated carbocycles. The van der Waals surface area contributed by atoms with Crippen LogP contribution in [0.25, 0.3) is 0 Å². The fourth-order valence-electron chi connectivity index (χ4n) is 7.93. The zero-order chi connectivity index (χ0) is 34.2. The molecule has 4 aromatic rings. The molecule has 6 nitrogen and oxygen atoms in total. The number of ketones is 1. The molecule has 258 valence electrons. The van der Waals surface area contributed by atoms with Gasteiger partial charge >= 0.3 is 0 Å². The first-order valence-corrected chi connectivity index (χ1v) is 17.9. The second-order valence-electron chi connectivity index (χ2n) is 13.7. The standard InChI is InChI=1S/C34H34O4.C9H16O2/c35-33(26-16-6-1-7-17-26,27-18-8-2-9-19-27)30-31(38-32(37-30)24-14-5-15-25-32)34(36,28-20-10-3-11-21-28)29-22-12-4-13-23-29;1-11-7-6-8-4-2-3-5-9(8)10/h1-4,6-13,16-23,30-31,35-36H,5,14-15,24-25H2;8H,2-7H2,1H3/t30-,31-;/m1./s1. The van der Waals surface area contributed by atoms with E-state index < -0.39 is 29.2 Å². The Hall–Kier alpha value is -3.65. The van der Waals surface area contributed by atoms with Crippen molar-refractivity contribution in [2.24, 2.45) is 5.92 Å². The number of hydrogen-bond acceptors (Lipinski definition) is 6. The number of benzene rings is 4. The maximum atomic E-state index is 12.9. The molecule has 6 heteroatoms. The van der Waals surface area contributed by atoms with E-state index in [9.17, 15) is 15.0 Å². The molecule has 2 N–H and O–H groups in total. The van der Waals surface area contributed by atoms with Crippen LogP contribution in [0.2, 0.25) is 0 Å². The third-order valence-corrected chi connectivity index (χ3v) is 10.6. The van der Waals surface area contributed by atoms with Crippen molar-refractivity contribution in [1.82, 2.24) is 0 Å². The molecule has 0 bridgehead atoms. The minimum Gasteiger partial charge on any atom is -0.385 e. The normalized spacial score (nSPS) is 22.3. The molecule has 2 aliphatic carbocycles. The number of methoxy groups -OCH3 is 1. The van der Waals surface area contributed by atoms with Gasteiger partial charge in [0.05, 0.1) is 0 Å². The average molecular weight is 663 g/mol. The van der Waals surface area contributed by atoms with Gasteiger partial charge in [0.15, 0.2) is 5.79 Å². The number of ether oxygens (including phenoxy) is 3. The highest BCUT2D eigenvalue weighted by Gasteiger charge is 2.63. The summed E-state index contributed by atoms with van der Waals surface area (Å²) >= 11 is 0. The van der Waals surface area contributed by atoms with E-state index in [0.29, 0.717) is 34.0 Å². The van der Waals surface area contributed by atoms with Gasteiger partial charge < -0.3 is 24.4 Å². The molecule has 1 unspecified atom stereocenters. The average Bonchev–Trinajstić information content (AvgIpc) is 3.55. The summed E-state index contributed by atoms with van der Waals surface area (Å²) in [5.74, 6) is -0.111. The lowest BCUT2D eigenvalue weighted by molar-refractivity contribution is -0.213. The summed E-state index contributed by atoms with van der Waals surface area (Å²) in [4.78, 5) is 11.2. The Morgan fingerprint density at radius 2 is 1.04 bits per heavy atom. The number of aliphatic hydroxyl groups is 2. The maximum absolute atomic E-state index is 12.9. The summed E-state index contributed by atoms with van der Waals surface area (Å²) in [6, 6.07) is 38.5. The van der Waals surface area contributed by atoms with E-state index in [1.807, 2.05) is 121 Å². The smallest absolute Gasteiger partial charge is 0.169 e. The van der Waals surface area contributed by atoms with E-state index in [-0.39, 0.29) is 0 Å². The molecular weight excluding hydrogens is 612 g/mol. The van der Waals surface area contributed by atoms with E-state index in [2.05, 4.69) is 0 Å². The van der Waals surface area contributed by atoms with Crippen LogP contribution in [0.5, 0.6) is 0 Å². The van der Waals surface area contributed by atoms with Gasteiger partial charge in [-0.2, -0.15) is 0 Å². The molecule has 1 spiro atoms. The van der Waals surface area contributed by atoms with Crippen LogP contribution in [0, 0.1) is 5.92 Å². The second-order valence-corrected chi connectivity index (χ2v) is 13.7. The minimum absolute atomic E-state index is 0.309. The van der Waals surface area contributed by atoms with Gasteiger partial charge in [0.1, 0.15) is 29.2 Å². The Balaban J connectivity index is 0.000000324. The molecule has 3 fully saturated rings. The maximum Gasteiger partial charge on any atom is 0.169 e. The Bertz CT molecular complexity index is 1410. The van der Waals surface area contributed by atoms with Gasteiger partial charge in [-0.1, -0.05) is 134 Å². The van der Waals surface area contributed by atoms with Gasteiger partial charge in [0, 0.05) is 38.9 Å². The molecular formula is C43H50O6. The van der Waals surface area contributed by atoms with E-state index in [1.54, 1.807) is 7.11 Å². The van der Waals surface area contributed by atoms with E-state index in [4.69, 9.17) is 14.2 Å².